The van der Waals surface area contributed by atoms with Crippen LogP contribution in [0.2, 0.25) is 0 Å². The van der Waals surface area contributed by atoms with E-state index in [2.05, 4.69) is 39.8 Å². The lowest BCUT2D eigenvalue weighted by Gasteiger charge is -2.05. The summed E-state index contributed by atoms with van der Waals surface area (Å²) in [5.74, 6) is 1.71. The Bertz CT molecular complexity index is 643. The summed E-state index contributed by atoms with van der Waals surface area (Å²) in [5.41, 5.74) is 3.11. The third-order valence-corrected chi connectivity index (χ3v) is 4.75. The standard InChI is InChI=1S/C18H21N3O/c22-18(15-10-20-21-11-15)7-12-3-5-14(6-4-12)16-8-17(16)19-9-13-1-2-13/h3-6,10-11,13,16-17,19H,1-2,7-9H2,(H,20,21). The number of rotatable bonds is 7. The summed E-state index contributed by atoms with van der Waals surface area (Å²) in [7, 11) is 0. The molecule has 22 heavy (non-hydrogen) atoms. The fourth-order valence-electron chi connectivity index (χ4n) is 3.00. The van der Waals surface area contributed by atoms with E-state index < -0.39 is 0 Å². The molecule has 2 aromatic rings. The predicted molar refractivity (Wildman–Crippen MR) is 84.9 cm³/mol. The summed E-state index contributed by atoms with van der Waals surface area (Å²) in [6.07, 6.45) is 7.73. The van der Waals surface area contributed by atoms with Crippen molar-refractivity contribution in [2.24, 2.45) is 5.92 Å². The first-order chi connectivity index (χ1) is 10.8. The minimum absolute atomic E-state index is 0.108. The summed E-state index contributed by atoms with van der Waals surface area (Å²) in [6, 6.07) is 9.20. The van der Waals surface area contributed by atoms with Gasteiger partial charge >= 0.3 is 0 Å². The number of aromatic amines is 1. The lowest BCUT2D eigenvalue weighted by molar-refractivity contribution is 0.0993. The highest BCUT2D eigenvalue weighted by atomic mass is 16.1. The molecule has 1 aromatic heterocycles. The molecule has 114 valence electrons. The molecule has 2 atom stereocenters. The van der Waals surface area contributed by atoms with Crippen LogP contribution in [-0.2, 0) is 6.42 Å². The maximum Gasteiger partial charge on any atom is 0.170 e. The first-order valence-electron chi connectivity index (χ1n) is 8.14. The van der Waals surface area contributed by atoms with Crippen LogP contribution in [0.1, 0.15) is 46.7 Å². The molecule has 4 rings (SSSR count). The zero-order valence-corrected chi connectivity index (χ0v) is 12.6. The van der Waals surface area contributed by atoms with Crippen LogP contribution in [0.4, 0.5) is 0 Å². The van der Waals surface area contributed by atoms with Crippen LogP contribution in [0.5, 0.6) is 0 Å². The van der Waals surface area contributed by atoms with E-state index >= 15 is 0 Å². The number of hydrogen-bond acceptors (Lipinski definition) is 3. The highest BCUT2D eigenvalue weighted by Gasteiger charge is 2.38. The molecule has 2 N–H and O–H groups in total. The van der Waals surface area contributed by atoms with Crippen LogP contribution in [0.15, 0.2) is 36.7 Å². The molecule has 4 heteroatoms. The van der Waals surface area contributed by atoms with Gasteiger partial charge in [0.15, 0.2) is 5.78 Å². The van der Waals surface area contributed by atoms with E-state index in [1.807, 2.05) is 0 Å². The van der Waals surface area contributed by atoms with Crippen LogP contribution in [-0.4, -0.2) is 28.6 Å². The molecule has 2 aliphatic carbocycles. The Morgan fingerprint density at radius 2 is 2.09 bits per heavy atom. The molecule has 0 bridgehead atoms. The van der Waals surface area contributed by atoms with Gasteiger partial charge in [0.05, 0.1) is 11.8 Å². The Kier molecular flexibility index (Phi) is 3.54. The predicted octanol–water partition coefficient (Wildman–Crippen LogP) is 2.69. The highest BCUT2D eigenvalue weighted by molar-refractivity contribution is 5.97. The van der Waals surface area contributed by atoms with Crippen molar-refractivity contribution < 1.29 is 4.79 Å². The molecule has 4 nitrogen and oxygen atoms in total. The average molecular weight is 295 g/mol. The van der Waals surface area contributed by atoms with E-state index in [0.29, 0.717) is 23.9 Å². The zero-order chi connectivity index (χ0) is 14.9. The molecule has 2 unspecified atom stereocenters. The van der Waals surface area contributed by atoms with Crippen molar-refractivity contribution in [2.45, 2.75) is 37.6 Å². The van der Waals surface area contributed by atoms with Crippen molar-refractivity contribution in [3.63, 3.8) is 0 Å². The number of Topliss-reactive ketones (excluding diaryl/α,β-unsaturated/α-hetero) is 1. The van der Waals surface area contributed by atoms with Crippen LogP contribution in [0.25, 0.3) is 0 Å². The average Bonchev–Trinajstić information content (AvgIpc) is 3.44. The molecule has 0 radical (unpaired) electrons. The minimum Gasteiger partial charge on any atom is -0.313 e. The second-order valence-electron chi connectivity index (χ2n) is 6.63. The molecule has 0 spiro atoms. The van der Waals surface area contributed by atoms with Gasteiger partial charge in [-0.05, 0) is 42.9 Å². The van der Waals surface area contributed by atoms with E-state index in [0.717, 1.165) is 11.5 Å². The number of benzene rings is 1. The number of ketones is 1. The Morgan fingerprint density at radius 3 is 2.77 bits per heavy atom. The number of H-pyrrole nitrogens is 1. The van der Waals surface area contributed by atoms with E-state index in [9.17, 15) is 4.79 Å². The number of hydrogen-bond donors (Lipinski definition) is 2. The number of aromatic nitrogens is 2. The van der Waals surface area contributed by atoms with Gasteiger partial charge in [-0.25, -0.2) is 0 Å². The second kappa shape index (κ2) is 5.69. The van der Waals surface area contributed by atoms with Gasteiger partial charge in [0.25, 0.3) is 0 Å². The Hall–Kier alpha value is -1.94. The summed E-state index contributed by atoms with van der Waals surface area (Å²) >= 11 is 0. The van der Waals surface area contributed by atoms with Crippen LogP contribution in [0, 0.1) is 5.92 Å². The molecule has 2 saturated carbocycles. The number of carbonyl (C=O) groups excluding carboxylic acids is 1. The molecule has 1 aromatic carbocycles. The highest BCUT2D eigenvalue weighted by Crippen LogP contribution is 2.41. The molecule has 1 heterocycles. The Labute approximate surface area is 130 Å². The molecular formula is C18H21N3O. The van der Waals surface area contributed by atoms with Crippen LogP contribution in [0.3, 0.4) is 0 Å². The van der Waals surface area contributed by atoms with Gasteiger partial charge in [-0.2, -0.15) is 5.10 Å². The first-order valence-corrected chi connectivity index (χ1v) is 8.14. The van der Waals surface area contributed by atoms with Crippen molar-refractivity contribution in [1.29, 1.82) is 0 Å². The molecule has 0 saturated heterocycles. The van der Waals surface area contributed by atoms with Gasteiger partial charge in [-0.1, -0.05) is 24.3 Å². The first kappa shape index (κ1) is 13.7. The normalized spacial score (nSPS) is 23.5. The lowest BCUT2D eigenvalue weighted by Crippen LogP contribution is -2.20. The van der Waals surface area contributed by atoms with Gasteiger partial charge in [-0.15, -0.1) is 0 Å². The Morgan fingerprint density at radius 1 is 1.27 bits per heavy atom. The van der Waals surface area contributed by atoms with Gasteiger partial charge < -0.3 is 5.32 Å². The van der Waals surface area contributed by atoms with Crippen LogP contribution < -0.4 is 5.32 Å². The fourth-order valence-corrected chi connectivity index (χ4v) is 3.00. The van der Waals surface area contributed by atoms with Crippen molar-refractivity contribution in [3.8, 4) is 0 Å². The summed E-state index contributed by atoms with van der Waals surface area (Å²) in [4.78, 5) is 12.0. The summed E-state index contributed by atoms with van der Waals surface area (Å²) in [6.45, 7) is 1.19. The van der Waals surface area contributed by atoms with Crippen molar-refractivity contribution in [1.82, 2.24) is 15.5 Å². The molecule has 2 aliphatic rings. The zero-order valence-electron chi connectivity index (χ0n) is 12.6. The van der Waals surface area contributed by atoms with Gasteiger partial charge in [0, 0.05) is 24.6 Å². The minimum atomic E-state index is 0.108. The maximum absolute atomic E-state index is 12.0. The molecular weight excluding hydrogens is 274 g/mol. The number of nitrogens with zero attached hydrogens (tertiary/aromatic N) is 1. The fraction of sp³-hybridized carbons (Fsp3) is 0.444. The van der Waals surface area contributed by atoms with E-state index in [1.54, 1.807) is 12.4 Å². The third-order valence-electron chi connectivity index (χ3n) is 4.75. The van der Waals surface area contributed by atoms with Crippen molar-refractivity contribution >= 4 is 5.78 Å². The van der Waals surface area contributed by atoms with Gasteiger partial charge in [0.1, 0.15) is 0 Å². The van der Waals surface area contributed by atoms with Crippen LogP contribution >= 0.6 is 0 Å². The monoisotopic (exact) mass is 295 g/mol. The van der Waals surface area contributed by atoms with Gasteiger partial charge in [-0.3, -0.25) is 9.89 Å². The van der Waals surface area contributed by atoms with E-state index in [1.165, 1.54) is 31.4 Å². The molecule has 0 aliphatic heterocycles. The smallest absolute Gasteiger partial charge is 0.170 e. The van der Waals surface area contributed by atoms with E-state index in [4.69, 9.17) is 0 Å². The van der Waals surface area contributed by atoms with Crippen molar-refractivity contribution in [3.05, 3.63) is 53.3 Å². The number of nitrogens with one attached hydrogen (secondary N) is 2. The van der Waals surface area contributed by atoms with Gasteiger partial charge in [0.2, 0.25) is 0 Å². The van der Waals surface area contributed by atoms with E-state index in [-0.39, 0.29) is 5.78 Å². The topological polar surface area (TPSA) is 57.8 Å². The largest absolute Gasteiger partial charge is 0.313 e. The maximum atomic E-state index is 12.0. The summed E-state index contributed by atoms with van der Waals surface area (Å²) < 4.78 is 0. The Balaban J connectivity index is 1.32. The molecule has 2 fully saturated rings. The molecule has 0 amide bonds. The summed E-state index contributed by atoms with van der Waals surface area (Å²) in [5, 5.41) is 10.2. The van der Waals surface area contributed by atoms with Crippen molar-refractivity contribution in [2.75, 3.05) is 6.54 Å². The number of carbonyl (C=O) groups is 1. The third kappa shape index (κ3) is 3.12. The lowest BCUT2D eigenvalue weighted by atomic mass is 10.0. The SMILES string of the molecule is O=C(Cc1ccc(C2CC2NCC2CC2)cc1)c1cn[nH]c1. The quantitative estimate of drug-likeness (QED) is 0.772. The second-order valence-corrected chi connectivity index (χ2v) is 6.63.